The Hall–Kier alpha value is -1.02. The maximum atomic E-state index is 5.95. The van der Waals surface area contributed by atoms with Crippen LogP contribution in [0.3, 0.4) is 0 Å². The van der Waals surface area contributed by atoms with Gasteiger partial charge in [-0.1, -0.05) is 32.0 Å². The number of hydrogen-bond donors (Lipinski definition) is 1. The first-order valence-corrected chi connectivity index (χ1v) is 6.29. The van der Waals surface area contributed by atoms with Gasteiger partial charge in [-0.2, -0.15) is 0 Å². The van der Waals surface area contributed by atoms with Gasteiger partial charge in [0.1, 0.15) is 11.9 Å². The maximum absolute atomic E-state index is 5.95. The molecule has 2 rings (SSSR count). The molecular weight excluding hydrogens is 198 g/mol. The first kappa shape index (κ1) is 13.0. The number of benzene rings is 1. The van der Waals surface area contributed by atoms with E-state index < -0.39 is 0 Å². The second-order valence-corrected chi connectivity index (χ2v) is 3.83. The first-order chi connectivity index (χ1) is 7.86. The molecule has 1 heterocycles. The zero-order valence-corrected chi connectivity index (χ0v) is 10.6. The molecule has 0 amide bonds. The third-order valence-corrected chi connectivity index (χ3v) is 2.67. The average molecular weight is 221 g/mol. The van der Waals surface area contributed by atoms with E-state index in [1.165, 1.54) is 5.56 Å². The summed E-state index contributed by atoms with van der Waals surface area (Å²) in [6.07, 6.45) is 2.64. The van der Waals surface area contributed by atoms with Crippen LogP contribution in [0.15, 0.2) is 24.3 Å². The zero-order valence-electron chi connectivity index (χ0n) is 10.6. The normalized spacial score (nSPS) is 16.2. The van der Waals surface area contributed by atoms with Crippen LogP contribution in [-0.2, 0) is 0 Å². The molecule has 1 aliphatic rings. The fraction of sp³-hybridized carbons (Fsp3) is 0.571. The van der Waals surface area contributed by atoms with Gasteiger partial charge >= 0.3 is 0 Å². The molecule has 0 saturated carbocycles. The maximum Gasteiger partial charge on any atom is 0.122 e. The summed E-state index contributed by atoms with van der Waals surface area (Å²) in [4.78, 5) is 0. The predicted octanol–water partition coefficient (Wildman–Crippen LogP) is 3.15. The van der Waals surface area contributed by atoms with Crippen LogP contribution in [0, 0.1) is 6.92 Å². The van der Waals surface area contributed by atoms with Crippen LogP contribution in [-0.4, -0.2) is 19.2 Å². The number of hydrogen-bond acceptors (Lipinski definition) is 2. The molecule has 0 unspecified atom stereocenters. The van der Waals surface area contributed by atoms with Crippen LogP contribution in [0.25, 0.3) is 0 Å². The van der Waals surface area contributed by atoms with E-state index in [2.05, 4.69) is 24.4 Å². The second-order valence-electron chi connectivity index (χ2n) is 3.83. The molecule has 1 fully saturated rings. The molecule has 0 aromatic heterocycles. The van der Waals surface area contributed by atoms with Gasteiger partial charge in [0.05, 0.1) is 0 Å². The fourth-order valence-electron chi connectivity index (χ4n) is 1.78. The summed E-state index contributed by atoms with van der Waals surface area (Å²) in [7, 11) is 0. The highest BCUT2D eigenvalue weighted by atomic mass is 16.5. The number of ether oxygens (including phenoxy) is 1. The highest BCUT2D eigenvalue weighted by molar-refractivity contribution is 5.31. The molecule has 1 aliphatic heterocycles. The fourth-order valence-corrected chi connectivity index (χ4v) is 1.78. The lowest BCUT2D eigenvalue weighted by atomic mass is 10.1. The standard InChI is InChI=1S/C12H17NO.C2H6/c1-10-4-2-3-5-12(10)14-11-6-8-13-9-7-11;1-2/h2-5,11,13H,6-9H2,1H3;1-2H3. The molecule has 2 nitrogen and oxygen atoms in total. The summed E-state index contributed by atoms with van der Waals surface area (Å²) in [5, 5.41) is 3.34. The molecule has 1 aromatic carbocycles. The number of nitrogens with one attached hydrogen (secondary N) is 1. The molecular formula is C14H23NO. The highest BCUT2D eigenvalue weighted by Gasteiger charge is 2.14. The quantitative estimate of drug-likeness (QED) is 0.828. The monoisotopic (exact) mass is 221 g/mol. The minimum absolute atomic E-state index is 0.400. The molecule has 1 saturated heterocycles. The lowest BCUT2D eigenvalue weighted by molar-refractivity contribution is 0.161. The zero-order chi connectivity index (χ0) is 11.8. The van der Waals surface area contributed by atoms with Gasteiger partial charge in [0, 0.05) is 0 Å². The van der Waals surface area contributed by atoms with Crippen molar-refractivity contribution in [3.8, 4) is 5.75 Å². The van der Waals surface area contributed by atoms with E-state index in [0.717, 1.165) is 31.7 Å². The summed E-state index contributed by atoms with van der Waals surface area (Å²) in [6.45, 7) is 8.25. The van der Waals surface area contributed by atoms with Gasteiger partial charge in [0.15, 0.2) is 0 Å². The van der Waals surface area contributed by atoms with Crippen molar-refractivity contribution in [2.24, 2.45) is 0 Å². The number of piperidine rings is 1. The SMILES string of the molecule is CC.Cc1ccccc1OC1CCNCC1. The third kappa shape index (κ3) is 3.86. The van der Waals surface area contributed by atoms with Crippen molar-refractivity contribution in [3.63, 3.8) is 0 Å². The highest BCUT2D eigenvalue weighted by Crippen LogP contribution is 2.20. The van der Waals surface area contributed by atoms with Gasteiger partial charge in [0.25, 0.3) is 0 Å². The predicted molar refractivity (Wildman–Crippen MR) is 69.0 cm³/mol. The molecule has 0 aliphatic carbocycles. The summed E-state index contributed by atoms with van der Waals surface area (Å²) in [5.74, 6) is 1.04. The van der Waals surface area contributed by atoms with Gasteiger partial charge in [-0.05, 0) is 44.5 Å². The Morgan fingerprint density at radius 2 is 1.75 bits per heavy atom. The van der Waals surface area contributed by atoms with E-state index in [0.29, 0.717) is 6.10 Å². The van der Waals surface area contributed by atoms with Crippen molar-refractivity contribution in [3.05, 3.63) is 29.8 Å². The minimum Gasteiger partial charge on any atom is -0.490 e. The Bertz CT molecular complexity index is 293. The molecule has 1 aromatic rings. The summed E-state index contributed by atoms with van der Waals surface area (Å²) < 4.78 is 5.95. The lowest BCUT2D eigenvalue weighted by Crippen LogP contribution is -2.34. The number of aryl methyl sites for hydroxylation is 1. The van der Waals surface area contributed by atoms with E-state index in [1.54, 1.807) is 0 Å². The number of rotatable bonds is 2. The van der Waals surface area contributed by atoms with Gasteiger partial charge in [-0.15, -0.1) is 0 Å². The molecule has 16 heavy (non-hydrogen) atoms. The number of para-hydroxylation sites is 1. The smallest absolute Gasteiger partial charge is 0.122 e. The van der Waals surface area contributed by atoms with Crippen LogP contribution in [0.2, 0.25) is 0 Å². The molecule has 0 bridgehead atoms. The van der Waals surface area contributed by atoms with Crippen molar-refractivity contribution in [1.82, 2.24) is 5.32 Å². The molecule has 0 radical (unpaired) electrons. The van der Waals surface area contributed by atoms with E-state index in [1.807, 2.05) is 26.0 Å². The Morgan fingerprint density at radius 3 is 2.38 bits per heavy atom. The Morgan fingerprint density at radius 1 is 1.12 bits per heavy atom. The molecule has 0 spiro atoms. The second kappa shape index (κ2) is 7.29. The Balaban J connectivity index is 0.000000606. The third-order valence-electron chi connectivity index (χ3n) is 2.67. The van der Waals surface area contributed by atoms with Crippen molar-refractivity contribution in [1.29, 1.82) is 0 Å². The van der Waals surface area contributed by atoms with E-state index in [4.69, 9.17) is 4.74 Å². The largest absolute Gasteiger partial charge is 0.490 e. The van der Waals surface area contributed by atoms with E-state index in [9.17, 15) is 0 Å². The molecule has 90 valence electrons. The van der Waals surface area contributed by atoms with Crippen LogP contribution in [0.4, 0.5) is 0 Å². The summed E-state index contributed by atoms with van der Waals surface area (Å²) in [6, 6.07) is 8.22. The van der Waals surface area contributed by atoms with Crippen molar-refractivity contribution >= 4 is 0 Å². The lowest BCUT2D eigenvalue weighted by Gasteiger charge is -2.24. The first-order valence-electron chi connectivity index (χ1n) is 6.29. The van der Waals surface area contributed by atoms with Crippen molar-refractivity contribution in [2.45, 2.75) is 39.7 Å². The van der Waals surface area contributed by atoms with Crippen LogP contribution < -0.4 is 10.1 Å². The van der Waals surface area contributed by atoms with E-state index in [-0.39, 0.29) is 0 Å². The molecule has 2 heteroatoms. The minimum atomic E-state index is 0.400. The van der Waals surface area contributed by atoms with Crippen LogP contribution in [0.1, 0.15) is 32.3 Å². The Kier molecular flexibility index (Phi) is 5.94. The van der Waals surface area contributed by atoms with Crippen molar-refractivity contribution < 1.29 is 4.74 Å². The van der Waals surface area contributed by atoms with Crippen molar-refractivity contribution in [2.75, 3.05) is 13.1 Å². The van der Waals surface area contributed by atoms with E-state index >= 15 is 0 Å². The molecule has 0 atom stereocenters. The van der Waals surface area contributed by atoms with Gasteiger partial charge < -0.3 is 10.1 Å². The Labute approximate surface area is 99.0 Å². The van der Waals surface area contributed by atoms with Crippen LogP contribution >= 0.6 is 0 Å². The van der Waals surface area contributed by atoms with Gasteiger partial charge in [-0.3, -0.25) is 0 Å². The summed E-state index contributed by atoms with van der Waals surface area (Å²) in [5.41, 5.74) is 1.23. The molecule has 1 N–H and O–H groups in total. The summed E-state index contributed by atoms with van der Waals surface area (Å²) >= 11 is 0. The van der Waals surface area contributed by atoms with Gasteiger partial charge in [0.2, 0.25) is 0 Å². The topological polar surface area (TPSA) is 21.3 Å². The van der Waals surface area contributed by atoms with Crippen LogP contribution in [0.5, 0.6) is 5.75 Å². The van der Waals surface area contributed by atoms with Gasteiger partial charge in [-0.25, -0.2) is 0 Å². The average Bonchev–Trinajstić information content (AvgIpc) is 2.36.